The second-order valence-corrected chi connectivity index (χ2v) is 23.3. The van der Waals surface area contributed by atoms with Crippen molar-refractivity contribution in [2.45, 2.75) is 68.0 Å². The predicted molar refractivity (Wildman–Crippen MR) is 313 cm³/mol. The van der Waals surface area contributed by atoms with Gasteiger partial charge in [0.05, 0.1) is 0 Å². The zero-order chi connectivity index (χ0) is 51.7. The highest BCUT2D eigenvalue weighted by Crippen LogP contribution is 2.21. The Morgan fingerprint density at radius 3 is 1.30 bits per heavy atom. The van der Waals surface area contributed by atoms with Gasteiger partial charge in [0.15, 0.2) is 17.9 Å². The second kappa shape index (κ2) is 41.9. The molecule has 0 atom stereocenters. The zero-order valence-electron chi connectivity index (χ0n) is 41.7. The Kier molecular flexibility index (Phi) is 37.5. The van der Waals surface area contributed by atoms with Gasteiger partial charge in [-0.15, -0.1) is 6.58 Å². The lowest BCUT2D eigenvalue weighted by molar-refractivity contribution is -0.131. The van der Waals surface area contributed by atoms with E-state index in [1.54, 1.807) is 34.5 Å². The summed E-state index contributed by atoms with van der Waals surface area (Å²) >= 11 is 11.0. The number of nitrogens with zero attached hydrogens (tertiary/aromatic N) is 3. The number of amides is 3. The molecule has 0 saturated heterocycles. The van der Waals surface area contributed by atoms with Crippen LogP contribution in [0.15, 0.2) is 61.2 Å². The molecular formula is C49H83N13O3S6. The molecular weight excluding hydrogens is 1010 g/mol. The first kappa shape index (κ1) is 63.6. The van der Waals surface area contributed by atoms with Gasteiger partial charge in [-0.1, -0.05) is 54.6 Å². The summed E-state index contributed by atoms with van der Waals surface area (Å²) < 4.78 is 0. The molecule has 22 heteroatoms. The summed E-state index contributed by atoms with van der Waals surface area (Å²) in [5.74, 6) is 10.9. The number of carbonyl (C=O) groups is 3. The molecule has 2 aromatic carbocycles. The van der Waals surface area contributed by atoms with Gasteiger partial charge >= 0.3 is 0 Å². The van der Waals surface area contributed by atoms with Crippen molar-refractivity contribution in [1.82, 2.24) is 30.7 Å². The summed E-state index contributed by atoms with van der Waals surface area (Å²) in [5, 5.41) is 30.7. The van der Waals surface area contributed by atoms with E-state index in [1.165, 1.54) is 22.3 Å². The minimum absolute atomic E-state index is 0.0591. The third kappa shape index (κ3) is 33.7. The summed E-state index contributed by atoms with van der Waals surface area (Å²) in [6, 6.07) is 17.3. The molecule has 0 unspecified atom stereocenters. The molecule has 16 nitrogen and oxygen atoms in total. The lowest BCUT2D eigenvalue weighted by atomic mass is 10.2. The predicted octanol–water partition coefficient (Wildman–Crippen LogP) is 5.60. The molecule has 2 aromatic rings. The summed E-state index contributed by atoms with van der Waals surface area (Å²) in [4.78, 5) is 44.7. The minimum atomic E-state index is -0.109. The molecule has 398 valence electrons. The molecule has 71 heavy (non-hydrogen) atoms. The standard InChI is InChI=1S/C49H83N13O3S6/c1-2-21-60(24-18-57-47(51)52)44(63)15-34-71-39-43-9-3-8-42(35-43)38-69-29-6-23-62(26-20-59-49(55)56)46(65)16-33-70-37-41-12-10-40(11-13-41)36-68-28-5-22-61(25-19-58-48(53)54)45(64)14-32-67-31-7-30-66-27-4-17-50/h2-3,8-13,35H,1,4-7,14-34,36-39,50H2,(H4,51,52,57)(H4,53,54,58)(H4,55,56,59). The van der Waals surface area contributed by atoms with Crippen LogP contribution in [0.1, 0.15) is 67.2 Å². The van der Waals surface area contributed by atoms with E-state index in [9.17, 15) is 14.4 Å². The van der Waals surface area contributed by atoms with E-state index in [-0.39, 0.29) is 35.6 Å². The zero-order valence-corrected chi connectivity index (χ0v) is 46.6. The lowest BCUT2D eigenvalue weighted by Crippen LogP contribution is -2.41. The van der Waals surface area contributed by atoms with Gasteiger partial charge in [-0.3, -0.25) is 30.6 Å². The Morgan fingerprint density at radius 2 is 0.859 bits per heavy atom. The smallest absolute Gasteiger partial charge is 0.223 e. The van der Waals surface area contributed by atoms with Crippen LogP contribution in [-0.2, 0) is 37.4 Å². The number of hydrogen-bond acceptors (Lipinski definition) is 13. The van der Waals surface area contributed by atoms with Crippen LogP contribution in [0.3, 0.4) is 0 Å². The van der Waals surface area contributed by atoms with E-state index >= 15 is 0 Å². The Balaban J connectivity index is 1.69. The minimum Gasteiger partial charge on any atom is -0.370 e. The average molecular weight is 1090 g/mol. The molecule has 0 aromatic heterocycles. The molecule has 0 aliphatic heterocycles. The Labute approximate surface area is 450 Å². The Hall–Kier alpha value is -3.54. The fourth-order valence-corrected chi connectivity index (χ4v) is 12.3. The second-order valence-electron chi connectivity index (χ2n) is 16.4. The molecule has 0 spiro atoms. The van der Waals surface area contributed by atoms with Gasteiger partial charge < -0.3 is 53.6 Å². The van der Waals surface area contributed by atoms with E-state index in [2.05, 4.69) is 71.1 Å². The fraction of sp³-hybridized carbons (Fsp3) is 0.592. The van der Waals surface area contributed by atoms with Gasteiger partial charge in [-0.2, -0.15) is 70.6 Å². The van der Waals surface area contributed by atoms with Crippen LogP contribution in [0.25, 0.3) is 0 Å². The van der Waals surface area contributed by atoms with Gasteiger partial charge in [0, 0.05) is 118 Å². The number of carbonyl (C=O) groups excluding carboxylic acids is 3. The highest BCUT2D eigenvalue weighted by atomic mass is 32.2. The summed E-state index contributed by atoms with van der Waals surface area (Å²) in [5.41, 5.74) is 26.9. The normalized spacial score (nSPS) is 10.9. The van der Waals surface area contributed by atoms with E-state index < -0.39 is 0 Å². The molecule has 14 N–H and O–H groups in total. The number of hydrogen-bond donors (Lipinski definition) is 10. The van der Waals surface area contributed by atoms with Crippen molar-refractivity contribution >= 4 is 106 Å². The van der Waals surface area contributed by atoms with Crippen molar-refractivity contribution in [2.24, 2.45) is 22.9 Å². The molecule has 2 rings (SSSR count). The molecule has 0 radical (unpaired) electrons. The first-order chi connectivity index (χ1) is 34.4. The van der Waals surface area contributed by atoms with Crippen LogP contribution in [0.2, 0.25) is 0 Å². The van der Waals surface area contributed by atoms with Gasteiger partial charge in [0.1, 0.15) is 0 Å². The maximum absolute atomic E-state index is 13.4. The molecule has 0 saturated carbocycles. The Bertz CT molecular complexity index is 1840. The van der Waals surface area contributed by atoms with Crippen molar-refractivity contribution in [2.75, 3.05) is 111 Å². The average Bonchev–Trinajstić information content (AvgIpc) is 3.34. The van der Waals surface area contributed by atoms with Gasteiger partial charge in [0.25, 0.3) is 0 Å². The van der Waals surface area contributed by atoms with Crippen LogP contribution in [0.5, 0.6) is 0 Å². The summed E-state index contributed by atoms with van der Waals surface area (Å²) in [6.07, 6.45) is 7.07. The SMILES string of the molecule is C=CCN(CCNC(=N)N)C(=O)CCSCc1cccc(CSCCCN(CCNC(=N)N)C(=O)CCSCc2ccc(CSCCCN(CCNC(=N)N)C(=O)CCSCCCSCCCN)cc2)c1. The topological polar surface area (TPSA) is 273 Å². The van der Waals surface area contributed by atoms with Crippen molar-refractivity contribution in [1.29, 1.82) is 16.2 Å². The van der Waals surface area contributed by atoms with Crippen molar-refractivity contribution in [3.8, 4) is 0 Å². The van der Waals surface area contributed by atoms with Crippen LogP contribution in [-0.4, -0.2) is 162 Å². The maximum Gasteiger partial charge on any atom is 0.223 e. The van der Waals surface area contributed by atoms with Crippen LogP contribution >= 0.6 is 70.6 Å². The van der Waals surface area contributed by atoms with Crippen LogP contribution < -0.4 is 38.9 Å². The highest BCUT2D eigenvalue weighted by molar-refractivity contribution is 8.00. The maximum atomic E-state index is 13.4. The van der Waals surface area contributed by atoms with E-state index in [0.29, 0.717) is 83.9 Å². The summed E-state index contributed by atoms with van der Waals surface area (Å²) in [7, 11) is 0. The molecule has 0 fully saturated rings. The summed E-state index contributed by atoms with van der Waals surface area (Å²) in [6.45, 7) is 9.12. The highest BCUT2D eigenvalue weighted by Gasteiger charge is 2.16. The number of nitrogens with one attached hydrogen (secondary N) is 6. The van der Waals surface area contributed by atoms with Crippen LogP contribution in [0.4, 0.5) is 0 Å². The van der Waals surface area contributed by atoms with Crippen molar-refractivity contribution < 1.29 is 14.4 Å². The van der Waals surface area contributed by atoms with Gasteiger partial charge in [0.2, 0.25) is 17.7 Å². The quantitative estimate of drug-likeness (QED) is 0.0168. The molecule has 0 aliphatic carbocycles. The molecule has 0 aliphatic rings. The number of thioether (sulfide) groups is 6. The lowest BCUT2D eigenvalue weighted by Gasteiger charge is -2.23. The van der Waals surface area contributed by atoms with Crippen molar-refractivity contribution in [3.05, 3.63) is 83.4 Å². The van der Waals surface area contributed by atoms with Gasteiger partial charge in [-0.05, 0) is 83.2 Å². The number of rotatable bonds is 43. The van der Waals surface area contributed by atoms with E-state index in [1.807, 2.05) is 56.8 Å². The molecule has 0 bridgehead atoms. The third-order valence-corrected chi connectivity index (χ3v) is 17.0. The third-order valence-electron chi connectivity index (χ3n) is 10.5. The number of nitrogens with two attached hydrogens (primary N) is 4. The Morgan fingerprint density at radius 1 is 0.493 bits per heavy atom. The van der Waals surface area contributed by atoms with Gasteiger partial charge in [-0.25, -0.2) is 0 Å². The first-order valence-corrected chi connectivity index (χ1v) is 31.3. The number of guanidine groups is 3. The fourth-order valence-electron chi connectivity index (χ4n) is 6.79. The monoisotopic (exact) mass is 1090 g/mol. The van der Waals surface area contributed by atoms with E-state index in [0.717, 1.165) is 95.5 Å². The van der Waals surface area contributed by atoms with E-state index in [4.69, 9.17) is 39.2 Å². The molecule has 3 amide bonds. The van der Waals surface area contributed by atoms with Crippen molar-refractivity contribution in [3.63, 3.8) is 0 Å². The molecule has 0 heterocycles. The van der Waals surface area contributed by atoms with Crippen LogP contribution in [0, 0.1) is 16.2 Å². The first-order valence-electron chi connectivity index (χ1n) is 24.4. The largest absolute Gasteiger partial charge is 0.370 e. The number of benzene rings is 2.